The molecule has 2 aliphatic heterocycles. The van der Waals surface area contributed by atoms with E-state index < -0.39 is 0 Å². The Morgan fingerprint density at radius 3 is 2.52 bits per heavy atom. The van der Waals surface area contributed by atoms with Crippen molar-refractivity contribution in [3.05, 3.63) is 65.7 Å². The van der Waals surface area contributed by atoms with Crippen LogP contribution in [0, 0.1) is 0 Å². The van der Waals surface area contributed by atoms with Crippen molar-refractivity contribution in [2.45, 2.75) is 44.2 Å². The van der Waals surface area contributed by atoms with Gasteiger partial charge in [0.2, 0.25) is 5.91 Å². The molecule has 0 bridgehead atoms. The average Bonchev–Trinajstić information content (AvgIpc) is 3.02. The van der Waals surface area contributed by atoms with E-state index in [-0.39, 0.29) is 17.4 Å². The van der Waals surface area contributed by atoms with Crippen molar-refractivity contribution in [1.82, 2.24) is 10.2 Å². The molecule has 0 radical (unpaired) electrons. The molecule has 0 unspecified atom stereocenters. The van der Waals surface area contributed by atoms with Crippen molar-refractivity contribution in [3.63, 3.8) is 0 Å². The zero-order valence-electron chi connectivity index (χ0n) is 16.0. The number of likely N-dealkylation sites (tertiary alicyclic amines) is 1. The number of hydrogen-bond donors (Lipinski definition) is 1. The smallest absolute Gasteiger partial charge is 0.228 e. The summed E-state index contributed by atoms with van der Waals surface area (Å²) in [4.78, 5) is 15.1. The highest BCUT2D eigenvalue weighted by molar-refractivity contribution is 5.87. The molecule has 2 aliphatic rings. The van der Waals surface area contributed by atoms with E-state index in [1.807, 2.05) is 37.3 Å². The van der Waals surface area contributed by atoms with E-state index in [1.165, 1.54) is 5.56 Å². The van der Waals surface area contributed by atoms with Gasteiger partial charge in [-0.15, -0.1) is 0 Å². The number of hydrogen-bond acceptors (Lipinski definition) is 3. The molecule has 1 amide bonds. The number of para-hydroxylation sites is 1. The highest BCUT2D eigenvalue weighted by atomic mass is 16.5. The van der Waals surface area contributed by atoms with Gasteiger partial charge >= 0.3 is 0 Å². The zero-order valence-corrected chi connectivity index (χ0v) is 16.0. The molecule has 4 nitrogen and oxygen atoms in total. The lowest BCUT2D eigenvalue weighted by atomic mass is 9.82. The first-order valence-corrected chi connectivity index (χ1v) is 9.99. The van der Waals surface area contributed by atoms with E-state index in [9.17, 15) is 4.79 Å². The molecule has 1 N–H and O–H groups in total. The fourth-order valence-electron chi connectivity index (χ4n) is 4.48. The van der Waals surface area contributed by atoms with E-state index in [0.29, 0.717) is 6.61 Å². The Kier molecular flexibility index (Phi) is 5.17. The Hall–Kier alpha value is -2.33. The van der Waals surface area contributed by atoms with Gasteiger partial charge in [-0.3, -0.25) is 9.69 Å². The lowest BCUT2D eigenvalue weighted by Gasteiger charge is -2.39. The van der Waals surface area contributed by atoms with Crippen molar-refractivity contribution in [3.8, 4) is 5.75 Å². The van der Waals surface area contributed by atoms with Gasteiger partial charge in [0.1, 0.15) is 5.75 Å². The predicted octanol–water partition coefficient (Wildman–Crippen LogP) is 3.72. The van der Waals surface area contributed by atoms with Gasteiger partial charge in [0.25, 0.3) is 0 Å². The van der Waals surface area contributed by atoms with Crippen LogP contribution in [0.15, 0.2) is 54.6 Å². The molecule has 0 saturated carbocycles. The molecular weight excluding hydrogens is 336 g/mol. The van der Waals surface area contributed by atoms with Crippen molar-refractivity contribution >= 4 is 5.91 Å². The minimum Gasteiger partial charge on any atom is -0.494 e. The Morgan fingerprint density at radius 1 is 1.07 bits per heavy atom. The SMILES string of the molecule is CCOc1ccccc1CN1CCC2(CC1)C[C@H](c1ccccc1)C(=O)N2. The summed E-state index contributed by atoms with van der Waals surface area (Å²) in [6.07, 6.45) is 2.94. The van der Waals surface area contributed by atoms with E-state index in [0.717, 1.165) is 50.2 Å². The quantitative estimate of drug-likeness (QED) is 0.879. The first kappa shape index (κ1) is 18.1. The number of carbonyl (C=O) groups excluding carboxylic acids is 1. The van der Waals surface area contributed by atoms with E-state index in [1.54, 1.807) is 0 Å². The Morgan fingerprint density at radius 2 is 1.78 bits per heavy atom. The highest BCUT2D eigenvalue weighted by Gasteiger charge is 2.46. The summed E-state index contributed by atoms with van der Waals surface area (Å²) in [6, 6.07) is 18.5. The number of nitrogens with zero attached hydrogens (tertiary/aromatic N) is 1. The van der Waals surface area contributed by atoms with Crippen LogP contribution in [0.3, 0.4) is 0 Å². The number of carbonyl (C=O) groups is 1. The third kappa shape index (κ3) is 3.86. The van der Waals surface area contributed by atoms with Gasteiger partial charge in [-0.2, -0.15) is 0 Å². The molecule has 2 fully saturated rings. The van der Waals surface area contributed by atoms with Gasteiger partial charge in [0.15, 0.2) is 0 Å². The minimum absolute atomic E-state index is 0.00331. The molecule has 2 aromatic rings. The van der Waals surface area contributed by atoms with Crippen LogP contribution in [0.5, 0.6) is 5.75 Å². The summed E-state index contributed by atoms with van der Waals surface area (Å²) in [6.45, 7) is 5.62. The molecule has 4 rings (SSSR count). The summed E-state index contributed by atoms with van der Waals surface area (Å²) in [5.74, 6) is 1.17. The molecule has 2 aromatic carbocycles. The fourth-order valence-corrected chi connectivity index (χ4v) is 4.48. The summed E-state index contributed by atoms with van der Waals surface area (Å²) in [5, 5.41) is 3.34. The summed E-state index contributed by atoms with van der Waals surface area (Å²) < 4.78 is 5.77. The molecule has 0 aliphatic carbocycles. The molecule has 2 heterocycles. The van der Waals surface area contributed by atoms with E-state index in [4.69, 9.17) is 4.74 Å². The number of rotatable bonds is 5. The van der Waals surface area contributed by atoms with Crippen LogP contribution in [-0.2, 0) is 11.3 Å². The van der Waals surface area contributed by atoms with Gasteiger partial charge in [0, 0.05) is 30.7 Å². The van der Waals surface area contributed by atoms with Crippen LogP contribution in [0.4, 0.5) is 0 Å². The fraction of sp³-hybridized carbons (Fsp3) is 0.435. The molecule has 142 valence electrons. The first-order chi connectivity index (χ1) is 13.2. The van der Waals surface area contributed by atoms with Crippen LogP contribution in [0.25, 0.3) is 0 Å². The topological polar surface area (TPSA) is 41.6 Å². The summed E-state index contributed by atoms with van der Waals surface area (Å²) in [5.41, 5.74) is 2.35. The molecule has 2 saturated heterocycles. The molecule has 4 heteroatoms. The molecule has 1 spiro atoms. The highest BCUT2D eigenvalue weighted by Crippen LogP contribution is 2.39. The van der Waals surface area contributed by atoms with Crippen LogP contribution in [-0.4, -0.2) is 36.0 Å². The van der Waals surface area contributed by atoms with Crippen molar-refractivity contribution in [2.75, 3.05) is 19.7 Å². The second-order valence-electron chi connectivity index (χ2n) is 7.75. The van der Waals surface area contributed by atoms with Crippen molar-refractivity contribution in [2.24, 2.45) is 0 Å². The van der Waals surface area contributed by atoms with Gasteiger partial charge in [-0.1, -0.05) is 48.5 Å². The van der Waals surface area contributed by atoms with Gasteiger partial charge < -0.3 is 10.1 Å². The maximum absolute atomic E-state index is 12.6. The Balaban J connectivity index is 1.39. The van der Waals surface area contributed by atoms with Crippen LogP contribution in [0.2, 0.25) is 0 Å². The number of nitrogens with one attached hydrogen (secondary N) is 1. The predicted molar refractivity (Wildman–Crippen MR) is 107 cm³/mol. The second-order valence-corrected chi connectivity index (χ2v) is 7.75. The Bertz CT molecular complexity index is 782. The first-order valence-electron chi connectivity index (χ1n) is 9.99. The third-order valence-electron chi connectivity index (χ3n) is 5.98. The molecule has 27 heavy (non-hydrogen) atoms. The lowest BCUT2D eigenvalue weighted by Crippen LogP contribution is -2.50. The van der Waals surface area contributed by atoms with Gasteiger partial charge in [0.05, 0.1) is 12.5 Å². The van der Waals surface area contributed by atoms with Crippen LogP contribution >= 0.6 is 0 Å². The second kappa shape index (κ2) is 7.73. The van der Waals surface area contributed by atoms with Crippen molar-refractivity contribution in [1.29, 1.82) is 0 Å². The monoisotopic (exact) mass is 364 g/mol. The molecular formula is C23H28N2O2. The zero-order chi connectivity index (χ0) is 18.7. The maximum atomic E-state index is 12.6. The minimum atomic E-state index is -0.0342. The molecule has 0 aromatic heterocycles. The van der Waals surface area contributed by atoms with Gasteiger partial charge in [-0.25, -0.2) is 0 Å². The number of piperidine rings is 1. The van der Waals surface area contributed by atoms with Crippen LogP contribution in [0.1, 0.15) is 43.2 Å². The number of ether oxygens (including phenoxy) is 1. The largest absolute Gasteiger partial charge is 0.494 e. The normalized spacial score (nSPS) is 22.0. The standard InChI is InChI=1S/C23H28N2O2/c1-2-27-21-11-7-6-10-19(21)17-25-14-12-23(13-15-25)16-20(22(26)24-23)18-8-4-3-5-9-18/h3-11,20H,2,12-17H2,1H3,(H,24,26)/t20-/m1/s1. The summed E-state index contributed by atoms with van der Waals surface area (Å²) in [7, 11) is 0. The number of amides is 1. The van der Waals surface area contributed by atoms with Crippen molar-refractivity contribution < 1.29 is 9.53 Å². The summed E-state index contributed by atoms with van der Waals surface area (Å²) >= 11 is 0. The average molecular weight is 364 g/mol. The van der Waals surface area contributed by atoms with E-state index in [2.05, 4.69) is 34.5 Å². The Labute approximate surface area is 161 Å². The van der Waals surface area contributed by atoms with Gasteiger partial charge in [-0.05, 0) is 37.8 Å². The lowest BCUT2D eigenvalue weighted by molar-refractivity contribution is -0.121. The third-order valence-corrected chi connectivity index (χ3v) is 5.98. The molecule has 1 atom stereocenters. The number of benzene rings is 2. The van der Waals surface area contributed by atoms with E-state index >= 15 is 0 Å². The maximum Gasteiger partial charge on any atom is 0.228 e. The van der Waals surface area contributed by atoms with Crippen LogP contribution < -0.4 is 10.1 Å².